The number of carboxylic acid groups (broad SMARTS) is 1. The van der Waals surface area contributed by atoms with Crippen LogP contribution in [0.25, 0.3) is 0 Å². The fraction of sp³-hybridized carbons (Fsp3) is 0.886. The zero-order valence-corrected chi connectivity index (χ0v) is 37.8. The minimum atomic E-state index is -1.40. The highest BCUT2D eigenvalue weighted by Crippen LogP contribution is 2.54. The van der Waals surface area contributed by atoms with Crippen LogP contribution in [0.2, 0.25) is 0 Å². The van der Waals surface area contributed by atoms with E-state index in [9.17, 15) is 29.7 Å². The Morgan fingerprint density at radius 2 is 1.57 bits per heavy atom. The highest BCUT2D eigenvalue weighted by molar-refractivity contribution is 6.53. The third-order valence-corrected chi connectivity index (χ3v) is 15.4. The van der Waals surface area contributed by atoms with Gasteiger partial charge in [0.15, 0.2) is 16.4 Å². The van der Waals surface area contributed by atoms with Crippen LogP contribution in [0.4, 0.5) is 0 Å². The Labute approximate surface area is 355 Å². The second kappa shape index (κ2) is 18.6. The van der Waals surface area contributed by atoms with Gasteiger partial charge in [-0.1, -0.05) is 84.7 Å². The summed E-state index contributed by atoms with van der Waals surface area (Å²) in [5.41, 5.74) is -1.76. The lowest BCUT2D eigenvalue weighted by molar-refractivity contribution is -0.398. The van der Waals surface area contributed by atoms with Crippen LogP contribution in [-0.2, 0) is 38.1 Å². The number of ketones is 1. The number of carbonyl (C=O) groups is 3. The molecule has 4 fully saturated rings. The van der Waals surface area contributed by atoms with E-state index >= 15 is 0 Å². The van der Waals surface area contributed by atoms with E-state index in [1.807, 2.05) is 60.6 Å². The number of hydrogen-bond donors (Lipinski definition) is 4. The maximum atomic E-state index is 14.6. The van der Waals surface area contributed by atoms with Crippen LogP contribution in [-0.4, -0.2) is 103 Å². The lowest BCUT2D eigenvalue weighted by Gasteiger charge is -2.55. The number of aliphatic hydroxyl groups excluding tert-OH is 1. The van der Waals surface area contributed by atoms with E-state index in [1.165, 1.54) is 0 Å². The molecule has 5 aliphatic rings. The molecular formula is C44H71Cl2NO11. The number of Topliss-reactive ketones (excluding diaryl/α,β-unsaturated/α-hetero) is 1. The number of ether oxygens (including phenoxy) is 5. The molecule has 0 radical (unpaired) electrons. The van der Waals surface area contributed by atoms with E-state index < -0.39 is 99.7 Å². The molecule has 1 amide bonds. The van der Waals surface area contributed by atoms with E-state index in [0.717, 1.165) is 6.42 Å². The third kappa shape index (κ3) is 9.22. The van der Waals surface area contributed by atoms with Gasteiger partial charge >= 0.3 is 5.97 Å². The molecule has 0 bridgehead atoms. The van der Waals surface area contributed by atoms with Crippen molar-refractivity contribution in [1.82, 2.24) is 5.32 Å². The van der Waals surface area contributed by atoms with Gasteiger partial charge in [0.1, 0.15) is 11.8 Å². The van der Waals surface area contributed by atoms with Crippen LogP contribution in [0.3, 0.4) is 0 Å². The second-order valence-electron chi connectivity index (χ2n) is 18.8. The molecule has 5 heterocycles. The molecule has 1 unspecified atom stereocenters. The Morgan fingerprint density at radius 1 is 0.897 bits per heavy atom. The van der Waals surface area contributed by atoms with Crippen LogP contribution in [0.15, 0.2) is 12.2 Å². The summed E-state index contributed by atoms with van der Waals surface area (Å²) in [6.07, 6.45) is 6.06. The van der Waals surface area contributed by atoms with Gasteiger partial charge < -0.3 is 44.3 Å². The number of carboxylic acids is 1. The molecule has 5 aliphatic heterocycles. The molecule has 4 N–H and O–H groups in total. The van der Waals surface area contributed by atoms with Gasteiger partial charge in [-0.25, -0.2) is 0 Å². The molecule has 332 valence electrons. The number of carbonyl (C=O) groups excluding carboxylic acids is 2. The predicted molar refractivity (Wildman–Crippen MR) is 220 cm³/mol. The van der Waals surface area contributed by atoms with Crippen molar-refractivity contribution >= 4 is 40.9 Å². The Kier molecular flexibility index (Phi) is 15.3. The first-order valence-electron chi connectivity index (χ1n) is 21.9. The number of nitrogens with one attached hydrogen (secondary N) is 1. The minimum Gasteiger partial charge on any atom is -0.481 e. The molecule has 18 atom stereocenters. The smallest absolute Gasteiger partial charge is 0.309 e. The fourth-order valence-electron chi connectivity index (χ4n) is 10.9. The molecule has 2 spiro atoms. The molecule has 58 heavy (non-hydrogen) atoms. The molecule has 0 saturated carbocycles. The zero-order chi connectivity index (χ0) is 43.1. The van der Waals surface area contributed by atoms with Crippen LogP contribution in [0.5, 0.6) is 0 Å². The van der Waals surface area contributed by atoms with Crippen molar-refractivity contribution in [2.45, 2.75) is 204 Å². The number of rotatable bonds is 14. The Balaban J connectivity index is 1.38. The van der Waals surface area contributed by atoms with Gasteiger partial charge in [0.2, 0.25) is 0 Å². The van der Waals surface area contributed by atoms with Gasteiger partial charge in [-0.2, -0.15) is 0 Å². The van der Waals surface area contributed by atoms with E-state index in [0.29, 0.717) is 57.8 Å². The Morgan fingerprint density at radius 3 is 2.16 bits per heavy atom. The SMILES string of the molecule is CCC(C(=O)[C@@H](C)[C@@H](O)[C@H](C)[C@@H]1O[C@@H]([C@@H](CC)C(=O)O)CC[C@@H]1C)[C@H]1O[C@]2(C=C[C@@H](NC(=O)C(Cl)Cl)[C@]3(CC[C@@](C)([C@H]4CC[C@](O)(CC)[C@H](C)O4)O3)O2)[C@H](C)C[C@@H]1C. The molecule has 14 heteroatoms. The lowest BCUT2D eigenvalue weighted by atomic mass is 9.72. The van der Waals surface area contributed by atoms with Crippen molar-refractivity contribution in [1.29, 1.82) is 0 Å². The van der Waals surface area contributed by atoms with Crippen molar-refractivity contribution in [3.63, 3.8) is 0 Å². The van der Waals surface area contributed by atoms with Gasteiger partial charge in [-0.3, -0.25) is 14.4 Å². The van der Waals surface area contributed by atoms with E-state index in [1.54, 1.807) is 6.92 Å². The number of halogens is 2. The predicted octanol–water partition coefficient (Wildman–Crippen LogP) is 7.12. The molecule has 5 rings (SSSR count). The first-order valence-corrected chi connectivity index (χ1v) is 22.8. The quantitative estimate of drug-likeness (QED) is 0.104. The van der Waals surface area contributed by atoms with E-state index in [4.69, 9.17) is 46.9 Å². The molecule has 0 aromatic carbocycles. The van der Waals surface area contributed by atoms with Gasteiger partial charge in [-0.15, -0.1) is 0 Å². The number of hydrogen-bond acceptors (Lipinski definition) is 10. The third-order valence-electron chi connectivity index (χ3n) is 15.0. The fourth-order valence-corrected chi connectivity index (χ4v) is 11.0. The molecular weight excluding hydrogens is 789 g/mol. The first kappa shape index (κ1) is 47.7. The van der Waals surface area contributed by atoms with E-state index in [-0.39, 0.29) is 29.6 Å². The van der Waals surface area contributed by atoms with Gasteiger partial charge in [0.05, 0.1) is 53.7 Å². The summed E-state index contributed by atoms with van der Waals surface area (Å²) in [5, 5.41) is 35.7. The summed E-state index contributed by atoms with van der Waals surface area (Å²) in [6.45, 7) is 19.5. The van der Waals surface area contributed by atoms with Crippen LogP contribution < -0.4 is 5.32 Å². The van der Waals surface area contributed by atoms with Crippen molar-refractivity contribution in [3.05, 3.63) is 12.2 Å². The minimum absolute atomic E-state index is 0.0384. The summed E-state index contributed by atoms with van der Waals surface area (Å²) >= 11 is 12.0. The van der Waals surface area contributed by atoms with Crippen molar-refractivity contribution < 1.29 is 53.4 Å². The van der Waals surface area contributed by atoms with E-state index in [2.05, 4.69) is 19.2 Å². The van der Waals surface area contributed by atoms with Gasteiger partial charge in [-0.05, 0) is 89.5 Å². The average molecular weight is 861 g/mol. The van der Waals surface area contributed by atoms with Crippen molar-refractivity contribution in [2.75, 3.05) is 0 Å². The van der Waals surface area contributed by atoms with Crippen molar-refractivity contribution in [2.24, 2.45) is 41.4 Å². The standard InChI is InChI=1S/C44H71Cl2NO11/c1-11-29(40(51)52)31-15-14-23(4)36(55-31)27(8)34(48)26(7)35(49)30(12-2)37-24(5)22-25(6)43(56-37)19-16-32(47-39(50)38(45)46)44(58-43)21-20-41(10,57-44)33-17-18-42(53,13-3)28(9)54-33/h16,19,23-34,36-38,48,53H,11-15,17-18,20-22H2,1-10H3,(H,47,50)(H,51,52)/t23-,24-,25+,26-,27-,28-,29+,30?,31+,32+,33+,34+,36+,37-,41-,42+,43-,44-/m0/s1. The number of aliphatic carboxylic acids is 1. The molecule has 0 aliphatic carbocycles. The molecule has 12 nitrogen and oxygen atoms in total. The summed E-state index contributed by atoms with van der Waals surface area (Å²) in [4.78, 5) is 38.2. The van der Waals surface area contributed by atoms with Gasteiger partial charge in [0.25, 0.3) is 5.91 Å². The lowest BCUT2D eigenvalue weighted by Crippen LogP contribution is -2.66. The maximum absolute atomic E-state index is 14.6. The normalized spacial score (nSPS) is 43.2. The zero-order valence-electron chi connectivity index (χ0n) is 36.2. The molecule has 4 saturated heterocycles. The van der Waals surface area contributed by atoms with Gasteiger partial charge in [0, 0.05) is 30.1 Å². The highest BCUT2D eigenvalue weighted by atomic mass is 35.5. The Bertz CT molecular complexity index is 1500. The van der Waals surface area contributed by atoms with Crippen LogP contribution in [0.1, 0.15) is 133 Å². The number of alkyl halides is 2. The largest absolute Gasteiger partial charge is 0.481 e. The van der Waals surface area contributed by atoms with Crippen molar-refractivity contribution in [3.8, 4) is 0 Å². The number of aliphatic hydroxyl groups is 2. The molecule has 0 aromatic rings. The van der Waals surface area contributed by atoms with Crippen LogP contribution >= 0.6 is 23.2 Å². The maximum Gasteiger partial charge on any atom is 0.309 e. The Hall–Kier alpha value is -1.35. The monoisotopic (exact) mass is 859 g/mol. The summed E-state index contributed by atoms with van der Waals surface area (Å²) < 4.78 is 34.1. The topological polar surface area (TPSA) is 170 Å². The highest BCUT2D eigenvalue weighted by Gasteiger charge is 2.63. The average Bonchev–Trinajstić information content (AvgIpc) is 3.52. The first-order chi connectivity index (χ1) is 27.1. The summed E-state index contributed by atoms with van der Waals surface area (Å²) in [5.74, 6) is -6.82. The number of amides is 1. The van der Waals surface area contributed by atoms with Crippen LogP contribution in [0, 0.1) is 41.4 Å². The molecule has 0 aromatic heterocycles. The summed E-state index contributed by atoms with van der Waals surface area (Å²) in [6, 6.07) is -0.776. The second-order valence-corrected chi connectivity index (χ2v) is 19.9. The summed E-state index contributed by atoms with van der Waals surface area (Å²) in [7, 11) is 0.